The Balaban J connectivity index is 0.00000182. The van der Waals surface area contributed by atoms with Crippen molar-refractivity contribution in [1.82, 2.24) is 0 Å². The van der Waals surface area contributed by atoms with Crippen LogP contribution in [0.2, 0.25) is 0 Å². The third-order valence-electron chi connectivity index (χ3n) is 9.78. The molecule has 0 radical (unpaired) electrons. The quantitative estimate of drug-likeness (QED) is 0.188. The Bertz CT molecular complexity index is 1970. The van der Waals surface area contributed by atoms with Crippen LogP contribution in [0.15, 0.2) is 146 Å². The predicted octanol–water partition coefficient (Wildman–Crippen LogP) is 13.0. The summed E-state index contributed by atoms with van der Waals surface area (Å²) < 4.78 is 0. The van der Waals surface area contributed by atoms with E-state index in [9.17, 15) is 0 Å². The van der Waals surface area contributed by atoms with Gasteiger partial charge < -0.3 is 4.90 Å². The zero-order valence-electron chi connectivity index (χ0n) is 28.4. The highest BCUT2D eigenvalue weighted by Crippen LogP contribution is 2.52. The fraction of sp³-hybridized carbons (Fsp3) is 0.200. The van der Waals surface area contributed by atoms with Crippen LogP contribution in [0.1, 0.15) is 70.7 Å². The molecule has 2 aliphatic carbocycles. The lowest BCUT2D eigenvalue weighted by atomic mass is 9.80. The molecule has 0 unspecified atom stereocenters. The van der Waals surface area contributed by atoms with Gasteiger partial charge in [-0.25, -0.2) is 0 Å². The van der Waals surface area contributed by atoms with Gasteiger partial charge in [0.25, 0.3) is 0 Å². The highest BCUT2D eigenvalue weighted by atomic mass is 15.1. The zero-order chi connectivity index (χ0) is 32.6. The molecule has 0 N–H and O–H groups in total. The monoisotopic (exact) mass is 599 g/mol. The summed E-state index contributed by atoms with van der Waals surface area (Å²) in [6, 6.07) is 42.4. The molecule has 0 saturated carbocycles. The van der Waals surface area contributed by atoms with Crippen LogP contribution in [0.5, 0.6) is 0 Å². The molecule has 5 aromatic carbocycles. The maximum absolute atomic E-state index is 4.19. The van der Waals surface area contributed by atoms with E-state index >= 15 is 0 Å². The van der Waals surface area contributed by atoms with Gasteiger partial charge in [0, 0.05) is 27.9 Å². The van der Waals surface area contributed by atoms with Gasteiger partial charge in [0.2, 0.25) is 0 Å². The topological polar surface area (TPSA) is 3.24 Å². The first-order chi connectivity index (χ1) is 22.3. The van der Waals surface area contributed by atoms with Crippen molar-refractivity contribution in [1.29, 1.82) is 0 Å². The van der Waals surface area contributed by atoms with Gasteiger partial charge in [-0.05, 0) is 99.0 Å². The molecule has 1 nitrogen and oxygen atoms in total. The summed E-state index contributed by atoms with van der Waals surface area (Å²) in [7, 11) is 0. The van der Waals surface area contributed by atoms with E-state index in [0.29, 0.717) is 0 Å². The molecule has 7 rings (SSSR count). The fourth-order valence-electron chi connectivity index (χ4n) is 7.45. The van der Waals surface area contributed by atoms with Gasteiger partial charge in [-0.15, -0.1) is 0 Å². The lowest BCUT2D eigenvalue weighted by molar-refractivity contribution is 0.654. The number of fused-ring (bicyclic) bond motifs is 4. The first-order valence-corrected chi connectivity index (χ1v) is 16.6. The summed E-state index contributed by atoms with van der Waals surface area (Å²) in [5.74, 6) is 0. The second-order valence-electron chi connectivity index (χ2n) is 13.0. The number of anilines is 3. The Morgan fingerprint density at radius 3 is 1.70 bits per heavy atom. The van der Waals surface area contributed by atoms with Crippen LogP contribution in [0, 0.1) is 0 Å². The fourth-order valence-corrected chi connectivity index (χ4v) is 7.45. The highest BCUT2D eigenvalue weighted by Gasteiger charge is 2.37. The molecule has 230 valence electrons. The Morgan fingerprint density at radius 1 is 0.543 bits per heavy atom. The highest BCUT2D eigenvalue weighted by molar-refractivity contribution is 5.91. The van der Waals surface area contributed by atoms with E-state index in [1.54, 1.807) is 0 Å². The summed E-state index contributed by atoms with van der Waals surface area (Å²) in [5, 5.41) is 0. The number of allylic oxidation sites excluding steroid dienone is 5. The van der Waals surface area contributed by atoms with Crippen LogP contribution in [-0.2, 0) is 10.8 Å². The number of hydrogen-bond acceptors (Lipinski definition) is 1. The molecule has 5 aromatic rings. The molecule has 1 heteroatoms. The molecular weight excluding hydrogens is 555 g/mol. The van der Waals surface area contributed by atoms with Gasteiger partial charge in [-0.1, -0.05) is 145 Å². The van der Waals surface area contributed by atoms with E-state index in [4.69, 9.17) is 0 Å². The number of nitrogens with zero attached hydrogens (tertiary/aromatic N) is 1. The number of rotatable bonds is 6. The second-order valence-corrected chi connectivity index (χ2v) is 13.0. The van der Waals surface area contributed by atoms with Crippen molar-refractivity contribution in [3.8, 4) is 22.3 Å². The molecule has 0 amide bonds. The first kappa shape index (κ1) is 31.1. The van der Waals surface area contributed by atoms with Crippen molar-refractivity contribution in [3.63, 3.8) is 0 Å². The molecule has 0 aliphatic heterocycles. The lowest BCUT2D eigenvalue weighted by Crippen LogP contribution is -2.18. The summed E-state index contributed by atoms with van der Waals surface area (Å²) in [5.41, 5.74) is 16.3. The maximum atomic E-state index is 4.19. The molecule has 2 aliphatic rings. The largest absolute Gasteiger partial charge is 0.310 e. The van der Waals surface area contributed by atoms with E-state index in [0.717, 1.165) is 11.4 Å². The molecule has 0 saturated heterocycles. The lowest BCUT2D eigenvalue weighted by Gasteiger charge is -2.30. The van der Waals surface area contributed by atoms with Gasteiger partial charge in [-0.2, -0.15) is 0 Å². The second kappa shape index (κ2) is 12.1. The molecular formula is C45H45N. The van der Waals surface area contributed by atoms with E-state index < -0.39 is 0 Å². The smallest absolute Gasteiger partial charge is 0.0465 e. The average molecular weight is 600 g/mol. The number of benzene rings is 5. The molecule has 0 aromatic heterocycles. The van der Waals surface area contributed by atoms with Gasteiger partial charge in [0.1, 0.15) is 0 Å². The molecule has 0 spiro atoms. The molecule has 0 bridgehead atoms. The van der Waals surface area contributed by atoms with Crippen LogP contribution in [0.25, 0.3) is 27.8 Å². The first-order valence-electron chi connectivity index (χ1n) is 16.6. The van der Waals surface area contributed by atoms with Gasteiger partial charge in [-0.3, -0.25) is 0 Å². The normalized spacial score (nSPS) is 15.1. The van der Waals surface area contributed by atoms with E-state index in [1.807, 2.05) is 19.9 Å². The van der Waals surface area contributed by atoms with Crippen molar-refractivity contribution in [3.05, 3.63) is 168 Å². The van der Waals surface area contributed by atoms with Gasteiger partial charge in [0.15, 0.2) is 0 Å². The third-order valence-corrected chi connectivity index (χ3v) is 9.78. The molecule has 0 heterocycles. The molecule has 46 heavy (non-hydrogen) atoms. The molecule has 0 fully saturated rings. The van der Waals surface area contributed by atoms with Crippen molar-refractivity contribution < 1.29 is 0 Å². The van der Waals surface area contributed by atoms with Crippen molar-refractivity contribution in [2.75, 3.05) is 4.90 Å². The SMILES string of the molecule is C=CC1=C(/C=C\C)C(C)(C)c2cc(N(c3ccc(-c4ccccc4)cc3)c3ccc4c(c3)C(C)(C)c3ccccc3-4)ccc21.CC. The van der Waals surface area contributed by atoms with E-state index in [1.165, 1.54) is 61.3 Å². The number of hydrogen-bond donors (Lipinski definition) is 0. The van der Waals surface area contributed by atoms with E-state index in [2.05, 4.69) is 174 Å². The molecule has 0 atom stereocenters. The van der Waals surface area contributed by atoms with Gasteiger partial charge in [0.05, 0.1) is 0 Å². The summed E-state index contributed by atoms with van der Waals surface area (Å²) in [6.45, 7) is 19.6. The minimum atomic E-state index is -0.133. The maximum Gasteiger partial charge on any atom is 0.0465 e. The van der Waals surface area contributed by atoms with Crippen LogP contribution < -0.4 is 4.90 Å². The van der Waals surface area contributed by atoms with Crippen molar-refractivity contribution in [2.45, 2.75) is 59.3 Å². The summed E-state index contributed by atoms with van der Waals surface area (Å²) in [4.78, 5) is 2.42. The van der Waals surface area contributed by atoms with Gasteiger partial charge >= 0.3 is 0 Å². The minimum Gasteiger partial charge on any atom is -0.310 e. The Kier molecular flexibility index (Phi) is 8.21. The van der Waals surface area contributed by atoms with E-state index in [-0.39, 0.29) is 10.8 Å². The Morgan fingerprint density at radius 2 is 1.07 bits per heavy atom. The van der Waals surface area contributed by atoms with Crippen LogP contribution in [0.4, 0.5) is 17.1 Å². The minimum absolute atomic E-state index is 0.0745. The Hall–Kier alpha value is -4.88. The average Bonchev–Trinajstić information content (AvgIpc) is 3.45. The third kappa shape index (κ3) is 4.95. The summed E-state index contributed by atoms with van der Waals surface area (Å²) in [6.07, 6.45) is 6.40. The van der Waals surface area contributed by atoms with Crippen LogP contribution in [0.3, 0.4) is 0 Å². The predicted molar refractivity (Wildman–Crippen MR) is 200 cm³/mol. The van der Waals surface area contributed by atoms with Crippen LogP contribution >= 0.6 is 0 Å². The zero-order valence-corrected chi connectivity index (χ0v) is 28.4. The van der Waals surface area contributed by atoms with Crippen molar-refractivity contribution >= 4 is 22.6 Å². The Labute approximate surface area is 276 Å². The van der Waals surface area contributed by atoms with Crippen molar-refractivity contribution in [2.24, 2.45) is 0 Å². The van der Waals surface area contributed by atoms with Crippen LogP contribution in [-0.4, -0.2) is 0 Å². The summed E-state index contributed by atoms with van der Waals surface area (Å²) >= 11 is 0. The standard InChI is InChI=1S/C43H39N.C2H6/c1-7-14-38-34(8-2)36-25-23-32(27-40(36)42(38,3)4)44(31-21-19-30(20-22-31)29-15-10-9-11-16-29)33-24-26-37-35-17-12-13-18-39(35)43(5,6)41(37)28-33;1-2/h7-28H,2H2,1,3-6H3;1-2H3/b14-7-;.